The lowest BCUT2D eigenvalue weighted by molar-refractivity contribution is 0.505. The van der Waals surface area contributed by atoms with Gasteiger partial charge in [0.05, 0.1) is 11.9 Å². The Morgan fingerprint density at radius 1 is 1.44 bits per heavy atom. The summed E-state index contributed by atoms with van der Waals surface area (Å²) in [5.41, 5.74) is 1.94. The number of fused-ring (bicyclic) bond motifs is 1. The molecule has 0 amide bonds. The Hall–Kier alpha value is -1.14. The third-order valence-electron chi connectivity index (χ3n) is 2.34. The maximum atomic E-state index is 5.49. The first-order valence-electron chi connectivity index (χ1n) is 4.72. The first-order valence-corrected chi connectivity index (χ1v) is 6.33. The molecule has 3 heterocycles. The van der Waals surface area contributed by atoms with Gasteiger partial charge in [-0.3, -0.25) is 0 Å². The van der Waals surface area contributed by atoms with Crippen molar-refractivity contribution in [3.05, 3.63) is 27.7 Å². The van der Waals surface area contributed by atoms with Crippen molar-refractivity contribution in [2.45, 2.75) is 13.8 Å². The SMILES string of the molecule is Cc1cc(-c2cn3nc(Br)sc3n2)c(C)o1. The van der Waals surface area contributed by atoms with Crippen molar-refractivity contribution >= 4 is 32.2 Å². The molecule has 16 heavy (non-hydrogen) atoms. The summed E-state index contributed by atoms with van der Waals surface area (Å²) in [6.07, 6.45) is 1.91. The molecule has 0 fully saturated rings. The summed E-state index contributed by atoms with van der Waals surface area (Å²) in [4.78, 5) is 5.38. The largest absolute Gasteiger partial charge is 0.466 e. The normalized spacial score (nSPS) is 11.4. The van der Waals surface area contributed by atoms with Crippen molar-refractivity contribution in [3.8, 4) is 11.3 Å². The van der Waals surface area contributed by atoms with Crippen molar-refractivity contribution in [3.63, 3.8) is 0 Å². The predicted octanol–water partition coefficient (Wildman–Crippen LogP) is 3.43. The van der Waals surface area contributed by atoms with Gasteiger partial charge in [0.1, 0.15) is 11.5 Å². The second-order valence-electron chi connectivity index (χ2n) is 3.54. The Morgan fingerprint density at radius 2 is 2.25 bits per heavy atom. The summed E-state index contributed by atoms with van der Waals surface area (Å²) in [5.74, 6) is 1.79. The van der Waals surface area contributed by atoms with E-state index in [1.165, 1.54) is 11.3 Å². The summed E-state index contributed by atoms with van der Waals surface area (Å²) in [5, 5.41) is 4.25. The third kappa shape index (κ3) is 1.49. The van der Waals surface area contributed by atoms with Gasteiger partial charge in [-0.15, -0.1) is 5.10 Å². The van der Waals surface area contributed by atoms with Crippen LogP contribution in [0.5, 0.6) is 0 Å². The molecule has 0 bridgehead atoms. The van der Waals surface area contributed by atoms with Crippen LogP contribution in [0.1, 0.15) is 11.5 Å². The minimum absolute atomic E-state index is 0.835. The van der Waals surface area contributed by atoms with Crippen LogP contribution in [0.15, 0.2) is 20.6 Å². The summed E-state index contributed by atoms with van der Waals surface area (Å²) in [7, 11) is 0. The number of furan rings is 1. The number of rotatable bonds is 1. The lowest BCUT2D eigenvalue weighted by Gasteiger charge is -1.89. The van der Waals surface area contributed by atoms with Crippen LogP contribution in [0.4, 0.5) is 0 Å². The Kier molecular flexibility index (Phi) is 2.15. The molecule has 82 valence electrons. The number of hydrogen-bond donors (Lipinski definition) is 0. The fourth-order valence-corrected chi connectivity index (χ4v) is 2.91. The van der Waals surface area contributed by atoms with Gasteiger partial charge in [0.2, 0.25) is 4.96 Å². The van der Waals surface area contributed by atoms with Gasteiger partial charge in [0.15, 0.2) is 3.92 Å². The van der Waals surface area contributed by atoms with Crippen molar-refractivity contribution < 1.29 is 4.42 Å². The smallest absolute Gasteiger partial charge is 0.213 e. The third-order valence-corrected chi connectivity index (χ3v) is 3.69. The molecule has 0 unspecified atom stereocenters. The van der Waals surface area contributed by atoms with Gasteiger partial charge in [-0.05, 0) is 35.8 Å². The van der Waals surface area contributed by atoms with Crippen molar-refractivity contribution in [2.24, 2.45) is 0 Å². The Bertz CT molecular complexity index is 635. The quantitative estimate of drug-likeness (QED) is 0.691. The monoisotopic (exact) mass is 297 g/mol. The van der Waals surface area contributed by atoms with Crippen LogP contribution >= 0.6 is 27.3 Å². The van der Waals surface area contributed by atoms with E-state index in [9.17, 15) is 0 Å². The topological polar surface area (TPSA) is 43.3 Å². The van der Waals surface area contributed by atoms with Crippen molar-refractivity contribution in [1.82, 2.24) is 14.6 Å². The highest BCUT2D eigenvalue weighted by Gasteiger charge is 2.13. The first kappa shape index (κ1) is 10.0. The maximum Gasteiger partial charge on any atom is 0.213 e. The van der Waals surface area contributed by atoms with Crippen LogP contribution < -0.4 is 0 Å². The lowest BCUT2D eigenvalue weighted by atomic mass is 10.2. The number of halogens is 1. The molecule has 6 heteroatoms. The van der Waals surface area contributed by atoms with E-state index in [0.29, 0.717) is 0 Å². The average Bonchev–Trinajstić information content (AvgIpc) is 2.78. The summed E-state index contributed by atoms with van der Waals surface area (Å²) < 4.78 is 8.09. The van der Waals surface area contributed by atoms with Gasteiger partial charge in [-0.25, -0.2) is 9.50 Å². The van der Waals surface area contributed by atoms with Gasteiger partial charge >= 0.3 is 0 Å². The Balaban J connectivity index is 2.18. The molecular weight excluding hydrogens is 290 g/mol. The summed E-state index contributed by atoms with van der Waals surface area (Å²) in [6.45, 7) is 3.88. The minimum Gasteiger partial charge on any atom is -0.466 e. The standard InChI is InChI=1S/C10H8BrN3OS/c1-5-3-7(6(2)15-5)8-4-14-10(12-8)16-9(11)13-14/h3-4H,1-2H3. The molecule has 0 saturated carbocycles. The molecule has 4 nitrogen and oxygen atoms in total. The molecule has 3 rings (SSSR count). The van der Waals surface area contributed by atoms with E-state index in [2.05, 4.69) is 26.0 Å². The van der Waals surface area contributed by atoms with Crippen LogP contribution in [-0.4, -0.2) is 14.6 Å². The molecule has 0 atom stereocenters. The molecular formula is C10H8BrN3OS. The number of aryl methyl sites for hydroxylation is 2. The predicted molar refractivity (Wildman–Crippen MR) is 65.7 cm³/mol. The molecule has 0 aliphatic rings. The van der Waals surface area contributed by atoms with Crippen molar-refractivity contribution in [1.29, 1.82) is 0 Å². The fraction of sp³-hybridized carbons (Fsp3) is 0.200. The average molecular weight is 298 g/mol. The number of aromatic nitrogens is 3. The molecule has 0 radical (unpaired) electrons. The first-order chi connectivity index (χ1) is 7.63. The van der Waals surface area contributed by atoms with Gasteiger partial charge in [0, 0.05) is 5.56 Å². The maximum absolute atomic E-state index is 5.49. The van der Waals surface area contributed by atoms with Gasteiger partial charge in [0.25, 0.3) is 0 Å². The van der Waals surface area contributed by atoms with Crippen LogP contribution in [0.2, 0.25) is 0 Å². The second kappa shape index (κ2) is 3.43. The Morgan fingerprint density at radius 3 is 2.88 bits per heavy atom. The van der Waals surface area contributed by atoms with E-state index in [0.717, 1.165) is 31.7 Å². The molecule has 3 aromatic heterocycles. The van der Waals surface area contributed by atoms with E-state index in [1.807, 2.05) is 26.1 Å². The van der Waals surface area contributed by atoms with Crippen molar-refractivity contribution in [2.75, 3.05) is 0 Å². The van der Waals surface area contributed by atoms with Crippen LogP contribution in [-0.2, 0) is 0 Å². The highest BCUT2D eigenvalue weighted by Crippen LogP contribution is 2.28. The lowest BCUT2D eigenvalue weighted by Crippen LogP contribution is -1.78. The number of hydrogen-bond acceptors (Lipinski definition) is 4. The number of nitrogens with zero attached hydrogens (tertiary/aromatic N) is 3. The molecule has 3 aromatic rings. The van der Waals surface area contributed by atoms with Crippen LogP contribution in [0.3, 0.4) is 0 Å². The molecule has 0 N–H and O–H groups in total. The summed E-state index contributed by atoms with van der Waals surface area (Å²) >= 11 is 4.84. The zero-order valence-electron chi connectivity index (χ0n) is 8.69. The van der Waals surface area contributed by atoms with E-state index >= 15 is 0 Å². The van der Waals surface area contributed by atoms with Crippen LogP contribution in [0.25, 0.3) is 16.2 Å². The van der Waals surface area contributed by atoms with Gasteiger partial charge in [-0.1, -0.05) is 11.3 Å². The van der Waals surface area contributed by atoms with E-state index in [-0.39, 0.29) is 0 Å². The molecule has 0 aliphatic heterocycles. The zero-order chi connectivity index (χ0) is 11.3. The second-order valence-corrected chi connectivity index (χ2v) is 5.77. The van der Waals surface area contributed by atoms with E-state index < -0.39 is 0 Å². The fourth-order valence-electron chi connectivity index (χ4n) is 1.69. The van der Waals surface area contributed by atoms with Gasteiger partial charge < -0.3 is 4.42 Å². The summed E-state index contributed by atoms with van der Waals surface area (Å²) in [6, 6.07) is 2.00. The van der Waals surface area contributed by atoms with Gasteiger partial charge in [-0.2, -0.15) is 0 Å². The van der Waals surface area contributed by atoms with Crippen LogP contribution in [0, 0.1) is 13.8 Å². The molecule has 0 aromatic carbocycles. The minimum atomic E-state index is 0.835. The molecule has 0 spiro atoms. The molecule has 0 aliphatic carbocycles. The van der Waals surface area contributed by atoms with E-state index in [4.69, 9.17) is 4.42 Å². The van der Waals surface area contributed by atoms with E-state index in [1.54, 1.807) is 4.52 Å². The number of imidazole rings is 1. The highest BCUT2D eigenvalue weighted by atomic mass is 79.9. The Labute approximate surface area is 104 Å². The zero-order valence-corrected chi connectivity index (χ0v) is 11.1. The molecule has 0 saturated heterocycles. The highest BCUT2D eigenvalue weighted by molar-refractivity contribution is 9.11.